The zero-order valence-electron chi connectivity index (χ0n) is 20.0. The molecular weight excluding hydrogens is 470 g/mol. The van der Waals surface area contributed by atoms with E-state index in [-0.39, 0.29) is 21.7 Å². The van der Waals surface area contributed by atoms with Crippen molar-refractivity contribution in [3.05, 3.63) is 59.2 Å². The Balaban J connectivity index is 0.000000198. The Labute approximate surface area is 219 Å². The summed E-state index contributed by atoms with van der Waals surface area (Å²) in [6.45, 7) is 0. The molecule has 1 heterocycles. The van der Waals surface area contributed by atoms with Gasteiger partial charge >= 0.3 is 0 Å². The fourth-order valence-corrected chi connectivity index (χ4v) is 14.1. The minimum absolute atomic E-state index is 0. The maximum absolute atomic E-state index is 2.06. The molecule has 9 aliphatic carbocycles. The van der Waals surface area contributed by atoms with Gasteiger partial charge in [0.05, 0.1) is 0 Å². The van der Waals surface area contributed by atoms with Crippen LogP contribution >= 0.6 is 15.7 Å². The predicted octanol–water partition coefficient (Wildman–Crippen LogP) is 9.67. The average Bonchev–Trinajstić information content (AvgIpc) is 2.64. The van der Waals surface area contributed by atoms with E-state index in [1.165, 1.54) is 0 Å². The van der Waals surface area contributed by atoms with E-state index in [0.29, 0.717) is 0 Å². The van der Waals surface area contributed by atoms with Gasteiger partial charge in [0.1, 0.15) is 0 Å². The van der Waals surface area contributed by atoms with Crippen LogP contribution in [0.15, 0.2) is 59.2 Å². The molecule has 0 spiro atoms. The summed E-state index contributed by atoms with van der Waals surface area (Å²) < 4.78 is 0. The van der Waals surface area contributed by atoms with E-state index in [2.05, 4.69) is 10.6 Å². The number of rotatable bonds is 2. The standard InChI is InChI=1S/C22H30P2.C8H8.Ti/c1-13-2-15-3-14(1)8-21(7-13,9-15)19-20(24-23-19)22-10-16-4-17(11-22)6-18(5-16)12-22;1-2-4-6-8-7-5-3-1;/h13-18H,1-12H2;1-8H;/b;2-1-,3-1?,4-2?,5-3-,6-4-,7-5?,8-6?,8-7-;. The van der Waals surface area contributed by atoms with Gasteiger partial charge in [-0.15, -0.1) is 0 Å². The van der Waals surface area contributed by atoms with E-state index in [0.717, 1.165) is 46.3 Å². The third kappa shape index (κ3) is 4.18. The smallest absolute Gasteiger partial charge is 0.00143 e. The SMILES string of the molecule is C1=C\C=C/C=C\C=C/1.C1C2CC3CC1CC(C1=C(C45CC6CC(CC(C6)C4)C5)P=P1)(C2)C3.[Ti]. The quantitative estimate of drug-likeness (QED) is 0.257. The summed E-state index contributed by atoms with van der Waals surface area (Å²) in [6, 6.07) is 0. The van der Waals surface area contributed by atoms with Crippen LogP contribution in [0.5, 0.6) is 0 Å². The zero-order valence-corrected chi connectivity index (χ0v) is 23.3. The first-order valence-electron chi connectivity index (χ1n) is 13.5. The van der Waals surface area contributed by atoms with E-state index >= 15 is 0 Å². The molecule has 8 fully saturated rings. The third-order valence-electron chi connectivity index (χ3n) is 10.4. The number of hydrogen-bond donors (Lipinski definition) is 0. The van der Waals surface area contributed by atoms with Gasteiger partial charge in [-0.05, 0) is 139 Å². The van der Waals surface area contributed by atoms with Crippen LogP contribution in [0.1, 0.15) is 77.0 Å². The maximum Gasteiger partial charge on any atom is 0.00143 e. The molecule has 0 unspecified atom stereocenters. The van der Waals surface area contributed by atoms with Crippen LogP contribution in [0.4, 0.5) is 0 Å². The van der Waals surface area contributed by atoms with Crippen molar-refractivity contribution in [3.63, 3.8) is 0 Å². The second-order valence-electron chi connectivity index (χ2n) is 12.8. The van der Waals surface area contributed by atoms with Gasteiger partial charge in [-0.25, -0.2) is 0 Å². The maximum atomic E-state index is 2.06. The second kappa shape index (κ2) is 9.15. The van der Waals surface area contributed by atoms with Crippen molar-refractivity contribution >= 4 is 15.7 Å². The molecule has 0 aromatic heterocycles. The molecule has 0 radical (unpaired) electrons. The molecule has 0 atom stereocenters. The van der Waals surface area contributed by atoms with Crippen LogP contribution in [0.3, 0.4) is 0 Å². The predicted molar refractivity (Wildman–Crippen MR) is 139 cm³/mol. The van der Waals surface area contributed by atoms with Crippen molar-refractivity contribution < 1.29 is 21.7 Å². The van der Waals surface area contributed by atoms with Gasteiger partial charge in [0, 0.05) is 32.5 Å². The summed E-state index contributed by atoms with van der Waals surface area (Å²) in [4.78, 5) is 0. The van der Waals surface area contributed by atoms with Gasteiger partial charge in [-0.2, -0.15) is 0 Å². The number of hydrogen-bond acceptors (Lipinski definition) is 0. The van der Waals surface area contributed by atoms with Crippen LogP contribution in [0, 0.1) is 46.3 Å². The summed E-state index contributed by atoms with van der Waals surface area (Å²) in [5.74, 6) is 6.72. The molecule has 0 aromatic rings. The molecular formula is C30H38P2Ti. The van der Waals surface area contributed by atoms with Gasteiger partial charge < -0.3 is 0 Å². The fraction of sp³-hybridized carbons (Fsp3) is 0.667. The van der Waals surface area contributed by atoms with Gasteiger partial charge in [-0.1, -0.05) is 48.6 Å². The monoisotopic (exact) mass is 508 g/mol. The van der Waals surface area contributed by atoms with Crippen molar-refractivity contribution in [1.29, 1.82) is 0 Å². The first kappa shape index (κ1) is 23.4. The first-order valence-corrected chi connectivity index (χ1v) is 16.0. The molecule has 0 aromatic carbocycles. The molecule has 0 saturated heterocycles. The first-order chi connectivity index (χ1) is 15.7. The number of allylic oxidation sites excluding steroid dienone is 10. The Morgan fingerprint density at radius 2 is 0.636 bits per heavy atom. The Hall–Kier alpha value is 0.0143. The van der Waals surface area contributed by atoms with Gasteiger partial charge in [0.15, 0.2) is 0 Å². The van der Waals surface area contributed by atoms with Crippen molar-refractivity contribution in [2.75, 3.05) is 0 Å². The molecule has 0 nitrogen and oxygen atoms in total. The summed E-state index contributed by atoms with van der Waals surface area (Å²) >= 11 is 0. The molecule has 3 heteroatoms. The Morgan fingerprint density at radius 1 is 0.424 bits per heavy atom. The van der Waals surface area contributed by atoms with Crippen molar-refractivity contribution in [3.8, 4) is 0 Å². The van der Waals surface area contributed by atoms with Gasteiger partial charge in [0.2, 0.25) is 0 Å². The van der Waals surface area contributed by atoms with Crippen LogP contribution in [-0.4, -0.2) is 0 Å². The second-order valence-corrected chi connectivity index (χ2v) is 15.3. The van der Waals surface area contributed by atoms with Crippen LogP contribution in [-0.2, 0) is 21.7 Å². The van der Waals surface area contributed by atoms with Crippen LogP contribution in [0.2, 0.25) is 0 Å². The molecule has 8 saturated carbocycles. The summed E-state index contributed by atoms with van der Waals surface area (Å²) in [7, 11) is 3.52. The largest absolute Gasteiger partial charge is 0.0623 e. The van der Waals surface area contributed by atoms with Crippen LogP contribution < -0.4 is 0 Å². The van der Waals surface area contributed by atoms with Gasteiger partial charge in [-0.3, -0.25) is 0 Å². The topological polar surface area (TPSA) is 0 Å². The zero-order chi connectivity index (χ0) is 21.2. The van der Waals surface area contributed by atoms with E-state index in [9.17, 15) is 0 Å². The summed E-state index contributed by atoms with van der Waals surface area (Å²) in [5.41, 5.74) is 1.44. The molecule has 1 aliphatic heterocycles. The van der Waals surface area contributed by atoms with Crippen molar-refractivity contribution in [2.24, 2.45) is 46.3 Å². The summed E-state index contributed by atoms with van der Waals surface area (Å²) in [6.07, 6.45) is 35.3. The van der Waals surface area contributed by atoms with Crippen molar-refractivity contribution in [1.82, 2.24) is 0 Å². The molecule has 172 valence electrons. The van der Waals surface area contributed by atoms with E-state index in [1.807, 2.05) is 48.6 Å². The molecule has 8 bridgehead atoms. The van der Waals surface area contributed by atoms with Crippen molar-refractivity contribution in [2.45, 2.75) is 77.0 Å². The summed E-state index contributed by atoms with van der Waals surface area (Å²) in [5, 5.41) is 4.12. The minimum Gasteiger partial charge on any atom is -0.0623 e. The molecule has 0 N–H and O–H groups in total. The fourth-order valence-electron chi connectivity index (χ4n) is 10.2. The Kier molecular flexibility index (Phi) is 6.49. The normalized spacial score (nSPS) is 51.9. The molecule has 10 rings (SSSR count). The van der Waals surface area contributed by atoms with Crippen LogP contribution in [0.25, 0.3) is 0 Å². The van der Waals surface area contributed by atoms with E-state index < -0.39 is 0 Å². The Bertz CT molecular complexity index is 779. The third-order valence-corrected chi connectivity index (χ3v) is 14.0. The van der Waals surface area contributed by atoms with E-state index in [4.69, 9.17) is 0 Å². The molecule has 10 aliphatic rings. The average molecular weight is 508 g/mol. The van der Waals surface area contributed by atoms with E-state index in [1.54, 1.807) is 92.8 Å². The minimum atomic E-state index is 0. The molecule has 33 heavy (non-hydrogen) atoms. The molecule has 0 amide bonds. The Morgan fingerprint density at radius 3 is 0.818 bits per heavy atom. The van der Waals surface area contributed by atoms with Gasteiger partial charge in [0.25, 0.3) is 0 Å².